The molecule has 0 spiro atoms. The predicted molar refractivity (Wildman–Crippen MR) is 216 cm³/mol. The lowest BCUT2D eigenvalue weighted by molar-refractivity contribution is -0.260. The van der Waals surface area contributed by atoms with E-state index in [2.05, 4.69) is 10.6 Å². The van der Waals surface area contributed by atoms with Gasteiger partial charge in [0.25, 0.3) is 0 Å². The van der Waals surface area contributed by atoms with Crippen LogP contribution in [0.5, 0.6) is 0 Å². The predicted octanol–water partition coefficient (Wildman–Crippen LogP) is 5.42. The van der Waals surface area contributed by atoms with Crippen LogP contribution < -0.4 is 10.6 Å². The zero-order chi connectivity index (χ0) is 41.1. The Morgan fingerprint density at radius 1 is 0.621 bits per heavy atom. The van der Waals surface area contributed by atoms with Crippen LogP contribution in [0, 0.1) is 0 Å². The van der Waals surface area contributed by atoms with E-state index in [0.29, 0.717) is 13.2 Å². The van der Waals surface area contributed by atoms with Crippen LogP contribution in [0.4, 0.5) is 0 Å². The van der Waals surface area contributed by atoms with Crippen molar-refractivity contribution < 1.29 is 47.6 Å². The first-order chi connectivity index (χ1) is 28.2. The number of benzene rings is 4. The summed E-state index contributed by atoms with van der Waals surface area (Å²) in [6, 6.07) is 36.2. The number of methoxy groups -OCH3 is 2. The van der Waals surface area contributed by atoms with Crippen molar-refractivity contribution in [3.8, 4) is 0 Å². The smallest absolute Gasteiger partial charge is 0.328 e. The van der Waals surface area contributed by atoms with Crippen molar-refractivity contribution in [2.75, 3.05) is 14.2 Å². The topological polar surface area (TPSA) is 148 Å². The molecule has 306 valence electrons. The van der Waals surface area contributed by atoms with Gasteiger partial charge in [-0.25, -0.2) is 4.79 Å². The van der Waals surface area contributed by atoms with Crippen molar-refractivity contribution in [1.29, 1.82) is 0 Å². The van der Waals surface area contributed by atoms with E-state index in [1.807, 2.05) is 128 Å². The number of ether oxygens (including phenoxy) is 6. The molecule has 58 heavy (non-hydrogen) atoms. The molecule has 0 aromatic heterocycles. The van der Waals surface area contributed by atoms with Gasteiger partial charge in [0.1, 0.15) is 30.4 Å². The van der Waals surface area contributed by atoms with E-state index in [4.69, 9.17) is 28.4 Å². The molecule has 1 aliphatic heterocycles. The Morgan fingerprint density at radius 3 is 1.60 bits per heavy atom. The fraction of sp³-hybridized carbons (Fsp3) is 0.348. The highest BCUT2D eigenvalue weighted by molar-refractivity contribution is 5.96. The zero-order valence-electron chi connectivity index (χ0n) is 33.1. The Kier molecular flexibility index (Phi) is 17.2. The van der Waals surface area contributed by atoms with Gasteiger partial charge >= 0.3 is 11.9 Å². The molecule has 1 heterocycles. The standard InChI is InChI=1S/C46H52N2O10/c1-32-42(55-29-34-19-10-5-11-20-34)44(57-31-36-23-14-7-15-24-36)43(56-30-35-21-12-6-13-22-35)39(58-32)25-16-26-40(49)47-37(28-41(50)53-2)45(51)48-38(46(52)54-3)27-33-17-8-4-9-18-33/h4-24,26,32,37-39,42-44H,25,27-31H2,1-3H3,(H,47,49)(H,48,51)/b26-16+/t32-,37-,38-,39+,42+,43+,44+/m0/s1. The van der Waals surface area contributed by atoms with Crippen LogP contribution in [-0.2, 0) is 73.8 Å². The summed E-state index contributed by atoms with van der Waals surface area (Å²) < 4.78 is 36.1. The summed E-state index contributed by atoms with van der Waals surface area (Å²) in [4.78, 5) is 51.8. The number of amides is 2. The summed E-state index contributed by atoms with van der Waals surface area (Å²) in [7, 11) is 2.40. The number of carbonyl (C=O) groups excluding carboxylic acids is 4. The summed E-state index contributed by atoms with van der Waals surface area (Å²) in [5.41, 5.74) is 3.74. The van der Waals surface area contributed by atoms with E-state index in [0.717, 1.165) is 22.3 Å². The van der Waals surface area contributed by atoms with Crippen LogP contribution in [0.15, 0.2) is 133 Å². The number of rotatable bonds is 20. The van der Waals surface area contributed by atoms with Crippen LogP contribution in [0.3, 0.4) is 0 Å². The first-order valence-corrected chi connectivity index (χ1v) is 19.3. The lowest BCUT2D eigenvalue weighted by Gasteiger charge is -2.45. The fourth-order valence-electron chi connectivity index (χ4n) is 6.65. The van der Waals surface area contributed by atoms with Crippen LogP contribution in [0.2, 0.25) is 0 Å². The first kappa shape index (κ1) is 43.5. The monoisotopic (exact) mass is 792 g/mol. The van der Waals surface area contributed by atoms with Crippen molar-refractivity contribution in [2.45, 2.75) is 88.6 Å². The van der Waals surface area contributed by atoms with Gasteiger partial charge in [-0.2, -0.15) is 0 Å². The third kappa shape index (κ3) is 13.5. The third-order valence-corrected chi connectivity index (χ3v) is 9.68. The lowest BCUT2D eigenvalue weighted by atomic mass is 9.92. The Labute approximate surface area is 339 Å². The zero-order valence-corrected chi connectivity index (χ0v) is 33.1. The molecule has 12 nitrogen and oxygen atoms in total. The minimum atomic E-state index is -1.35. The first-order valence-electron chi connectivity index (χ1n) is 19.3. The normalized spacial score (nSPS) is 20.1. The van der Waals surface area contributed by atoms with Gasteiger partial charge in [0.15, 0.2) is 0 Å². The minimum Gasteiger partial charge on any atom is -0.469 e. The highest BCUT2D eigenvalue weighted by Crippen LogP contribution is 2.32. The third-order valence-electron chi connectivity index (χ3n) is 9.68. The average Bonchev–Trinajstić information content (AvgIpc) is 3.25. The van der Waals surface area contributed by atoms with Gasteiger partial charge < -0.3 is 39.1 Å². The van der Waals surface area contributed by atoms with Gasteiger partial charge in [-0.05, 0) is 41.7 Å². The Hall–Kier alpha value is -5.66. The van der Waals surface area contributed by atoms with Crippen LogP contribution in [0.25, 0.3) is 0 Å². The summed E-state index contributed by atoms with van der Waals surface area (Å²) >= 11 is 0. The van der Waals surface area contributed by atoms with E-state index in [9.17, 15) is 19.2 Å². The van der Waals surface area contributed by atoms with Crippen molar-refractivity contribution >= 4 is 23.8 Å². The number of hydrogen-bond donors (Lipinski definition) is 2. The highest BCUT2D eigenvalue weighted by atomic mass is 16.6. The molecule has 1 saturated heterocycles. The SMILES string of the molecule is COC(=O)C[C@H](NC(=O)/C=C/C[C@H]1O[C@@H](C)[C@@H](OCc2ccccc2)[C@@H](OCc2ccccc2)[C@@H]1OCc1ccccc1)C(=O)N[C@@H](Cc1ccccc1)C(=O)OC. The number of hydrogen-bond acceptors (Lipinski definition) is 10. The second-order valence-corrected chi connectivity index (χ2v) is 13.9. The number of nitrogens with one attached hydrogen (secondary N) is 2. The van der Waals surface area contributed by atoms with Crippen molar-refractivity contribution in [3.05, 3.63) is 156 Å². The Balaban J connectivity index is 1.32. The van der Waals surface area contributed by atoms with Crippen LogP contribution in [0.1, 0.15) is 42.0 Å². The Bertz CT molecular complexity index is 1900. The maximum absolute atomic E-state index is 13.5. The molecule has 0 unspecified atom stereocenters. The molecular formula is C46H52N2O10. The largest absolute Gasteiger partial charge is 0.469 e. The summed E-state index contributed by atoms with van der Waals surface area (Å²) in [5.74, 6) is -2.80. The summed E-state index contributed by atoms with van der Waals surface area (Å²) in [6.07, 6.45) is 0.161. The molecule has 2 amide bonds. The van der Waals surface area contributed by atoms with E-state index < -0.39 is 72.8 Å². The van der Waals surface area contributed by atoms with Gasteiger partial charge in [0.05, 0.1) is 52.7 Å². The fourth-order valence-corrected chi connectivity index (χ4v) is 6.65. The molecule has 0 saturated carbocycles. The summed E-state index contributed by atoms with van der Waals surface area (Å²) in [5, 5.41) is 5.22. The molecule has 2 N–H and O–H groups in total. The molecule has 0 bridgehead atoms. The molecule has 7 atom stereocenters. The molecular weight excluding hydrogens is 741 g/mol. The quantitative estimate of drug-likeness (QED) is 0.0878. The van der Waals surface area contributed by atoms with E-state index in [-0.39, 0.29) is 19.4 Å². The van der Waals surface area contributed by atoms with E-state index in [1.54, 1.807) is 6.08 Å². The molecule has 5 rings (SSSR count). The lowest BCUT2D eigenvalue weighted by Crippen LogP contribution is -2.59. The van der Waals surface area contributed by atoms with Crippen LogP contribution in [-0.4, -0.2) is 80.6 Å². The summed E-state index contributed by atoms with van der Waals surface area (Å²) in [6.45, 7) is 2.86. The van der Waals surface area contributed by atoms with E-state index >= 15 is 0 Å². The average molecular weight is 793 g/mol. The van der Waals surface area contributed by atoms with Gasteiger partial charge in [-0.3, -0.25) is 14.4 Å². The molecule has 12 heteroatoms. The van der Waals surface area contributed by atoms with Gasteiger partial charge in [0, 0.05) is 6.42 Å². The minimum absolute atomic E-state index is 0.138. The van der Waals surface area contributed by atoms with E-state index in [1.165, 1.54) is 20.3 Å². The number of carbonyl (C=O) groups is 4. The molecule has 1 fully saturated rings. The van der Waals surface area contributed by atoms with Crippen molar-refractivity contribution in [3.63, 3.8) is 0 Å². The molecule has 4 aromatic carbocycles. The van der Waals surface area contributed by atoms with Crippen molar-refractivity contribution in [1.82, 2.24) is 10.6 Å². The molecule has 1 aliphatic rings. The van der Waals surface area contributed by atoms with Gasteiger partial charge in [-0.15, -0.1) is 0 Å². The number of esters is 2. The second-order valence-electron chi connectivity index (χ2n) is 13.9. The maximum atomic E-state index is 13.5. The van der Waals surface area contributed by atoms with Crippen molar-refractivity contribution in [2.24, 2.45) is 0 Å². The molecule has 4 aromatic rings. The Morgan fingerprint density at radius 2 is 1.10 bits per heavy atom. The highest BCUT2D eigenvalue weighted by Gasteiger charge is 2.46. The maximum Gasteiger partial charge on any atom is 0.328 e. The van der Waals surface area contributed by atoms with Gasteiger partial charge in [0.2, 0.25) is 11.8 Å². The second kappa shape index (κ2) is 22.9. The molecule has 0 aliphatic carbocycles. The molecule has 0 radical (unpaired) electrons. The van der Waals surface area contributed by atoms with Gasteiger partial charge in [-0.1, -0.05) is 127 Å². The van der Waals surface area contributed by atoms with Crippen LogP contribution >= 0.6 is 0 Å².